The van der Waals surface area contributed by atoms with Crippen LogP contribution in [0, 0.1) is 5.92 Å². The van der Waals surface area contributed by atoms with Crippen molar-refractivity contribution >= 4 is 0 Å². The highest BCUT2D eigenvalue weighted by molar-refractivity contribution is 5.07. The topological polar surface area (TPSA) is 45.1 Å². The summed E-state index contributed by atoms with van der Waals surface area (Å²) in [7, 11) is 0. The molecule has 0 aliphatic heterocycles. The van der Waals surface area contributed by atoms with E-state index in [9.17, 15) is 5.11 Å². The summed E-state index contributed by atoms with van der Waals surface area (Å²) in [6.07, 6.45) is 7.07. The van der Waals surface area contributed by atoms with Crippen LogP contribution in [0.15, 0.2) is 24.4 Å². The zero-order valence-corrected chi connectivity index (χ0v) is 11.2. The average molecular weight is 248 g/mol. The molecule has 0 bridgehead atoms. The molecule has 2 N–H and O–H groups in total. The van der Waals surface area contributed by atoms with Crippen LogP contribution < -0.4 is 5.32 Å². The molecule has 2 unspecified atom stereocenters. The molecule has 3 heteroatoms. The number of nitrogens with zero attached hydrogens (tertiary/aromatic N) is 1. The number of aliphatic hydroxyl groups is 1. The fraction of sp³-hybridized carbons (Fsp3) is 0.667. The Bertz CT molecular complexity index is 338. The number of aromatic nitrogens is 1. The van der Waals surface area contributed by atoms with Crippen molar-refractivity contribution in [3.8, 4) is 0 Å². The van der Waals surface area contributed by atoms with E-state index in [4.69, 9.17) is 0 Å². The largest absolute Gasteiger partial charge is 0.393 e. The van der Waals surface area contributed by atoms with E-state index in [1.54, 1.807) is 0 Å². The maximum absolute atomic E-state index is 9.56. The Morgan fingerprint density at radius 2 is 2.28 bits per heavy atom. The second kappa shape index (κ2) is 6.86. The second-order valence-electron chi connectivity index (χ2n) is 5.27. The minimum absolute atomic E-state index is 0.160. The highest BCUT2D eigenvalue weighted by atomic mass is 16.3. The Hall–Kier alpha value is -0.930. The van der Waals surface area contributed by atoms with Gasteiger partial charge in [0.2, 0.25) is 0 Å². The number of aliphatic hydroxyl groups excluding tert-OH is 1. The number of hydrogen-bond acceptors (Lipinski definition) is 3. The molecule has 1 aromatic rings. The van der Waals surface area contributed by atoms with E-state index in [-0.39, 0.29) is 6.10 Å². The third-order valence-electron chi connectivity index (χ3n) is 3.70. The molecule has 0 radical (unpaired) electrons. The van der Waals surface area contributed by atoms with Crippen LogP contribution in [0.3, 0.4) is 0 Å². The van der Waals surface area contributed by atoms with Gasteiger partial charge in [0.05, 0.1) is 6.10 Å². The zero-order valence-electron chi connectivity index (χ0n) is 11.2. The number of pyridine rings is 1. The van der Waals surface area contributed by atoms with Crippen LogP contribution in [0.1, 0.15) is 38.3 Å². The van der Waals surface area contributed by atoms with Gasteiger partial charge in [-0.2, -0.15) is 0 Å². The molecule has 0 spiro atoms. The lowest BCUT2D eigenvalue weighted by Crippen LogP contribution is -2.35. The first-order valence-electron chi connectivity index (χ1n) is 7.11. The van der Waals surface area contributed by atoms with Gasteiger partial charge in [0.1, 0.15) is 0 Å². The van der Waals surface area contributed by atoms with E-state index in [0.29, 0.717) is 6.04 Å². The third-order valence-corrected chi connectivity index (χ3v) is 3.70. The normalized spacial score (nSPS) is 18.6. The van der Waals surface area contributed by atoms with E-state index in [0.717, 1.165) is 37.4 Å². The highest BCUT2D eigenvalue weighted by Gasteiger charge is 2.31. The number of hydrogen-bond donors (Lipinski definition) is 2. The molecule has 1 fully saturated rings. The first-order valence-corrected chi connectivity index (χ1v) is 7.11. The molecule has 0 amide bonds. The molecule has 2 atom stereocenters. The molecule has 1 saturated carbocycles. The Morgan fingerprint density at radius 1 is 1.44 bits per heavy atom. The molecule has 18 heavy (non-hydrogen) atoms. The van der Waals surface area contributed by atoms with Gasteiger partial charge in [-0.1, -0.05) is 13.0 Å². The van der Waals surface area contributed by atoms with Crippen LogP contribution in [-0.2, 0) is 6.42 Å². The molecule has 2 rings (SSSR count). The molecule has 0 saturated heterocycles. The van der Waals surface area contributed by atoms with Crippen LogP contribution in [0.4, 0.5) is 0 Å². The summed E-state index contributed by atoms with van der Waals surface area (Å²) in [6, 6.07) is 6.63. The molecule has 3 nitrogen and oxygen atoms in total. The Labute approximate surface area is 110 Å². The summed E-state index contributed by atoms with van der Waals surface area (Å²) in [5.74, 6) is 0.811. The maximum Gasteiger partial charge on any atom is 0.0549 e. The van der Waals surface area contributed by atoms with Crippen molar-refractivity contribution in [2.24, 2.45) is 5.92 Å². The average Bonchev–Trinajstić information content (AvgIpc) is 3.23. The van der Waals surface area contributed by atoms with Crippen molar-refractivity contribution in [3.63, 3.8) is 0 Å². The zero-order chi connectivity index (χ0) is 12.8. The molecular formula is C15H24N2O. The van der Waals surface area contributed by atoms with Crippen molar-refractivity contribution in [1.29, 1.82) is 0 Å². The molecule has 1 heterocycles. The molecule has 1 aliphatic rings. The number of nitrogens with one attached hydrogen (secondary N) is 1. The smallest absolute Gasteiger partial charge is 0.0549 e. The number of rotatable bonds is 8. The Balaban J connectivity index is 1.78. The summed E-state index contributed by atoms with van der Waals surface area (Å²) in [5.41, 5.74) is 1.16. The first kappa shape index (κ1) is 13.5. The van der Waals surface area contributed by atoms with Crippen molar-refractivity contribution < 1.29 is 5.11 Å². The Kier molecular flexibility index (Phi) is 5.14. The molecular weight excluding hydrogens is 224 g/mol. The third kappa shape index (κ3) is 4.39. The second-order valence-corrected chi connectivity index (χ2v) is 5.27. The lowest BCUT2D eigenvalue weighted by atomic mass is 10.1. The summed E-state index contributed by atoms with van der Waals surface area (Å²) in [4.78, 5) is 4.40. The molecule has 0 aromatic carbocycles. The van der Waals surface area contributed by atoms with Crippen LogP contribution in [0.25, 0.3) is 0 Å². The maximum atomic E-state index is 9.56. The summed E-state index contributed by atoms with van der Waals surface area (Å²) in [5, 5.41) is 13.2. The standard InChI is InChI=1S/C15H24N2O/c1-2-14(18)8-10-17-15(12-6-7-12)11-13-5-3-4-9-16-13/h3-5,9,12,14-15,17-18H,2,6-8,10-11H2,1H3. The van der Waals surface area contributed by atoms with Gasteiger partial charge in [-0.15, -0.1) is 0 Å². The van der Waals surface area contributed by atoms with Gasteiger partial charge in [-0.25, -0.2) is 0 Å². The summed E-state index contributed by atoms with van der Waals surface area (Å²) < 4.78 is 0. The summed E-state index contributed by atoms with van der Waals surface area (Å²) in [6.45, 7) is 2.93. The van der Waals surface area contributed by atoms with E-state index in [1.807, 2.05) is 25.3 Å². The van der Waals surface area contributed by atoms with Gasteiger partial charge in [-0.3, -0.25) is 4.98 Å². The van der Waals surface area contributed by atoms with Crippen molar-refractivity contribution in [1.82, 2.24) is 10.3 Å². The van der Waals surface area contributed by atoms with Crippen LogP contribution in [-0.4, -0.2) is 28.8 Å². The minimum Gasteiger partial charge on any atom is -0.393 e. The molecule has 1 aromatic heterocycles. The lowest BCUT2D eigenvalue weighted by Gasteiger charge is -2.19. The fourth-order valence-electron chi connectivity index (χ4n) is 2.29. The van der Waals surface area contributed by atoms with Crippen molar-refractivity contribution in [3.05, 3.63) is 30.1 Å². The van der Waals surface area contributed by atoms with E-state index in [1.165, 1.54) is 12.8 Å². The van der Waals surface area contributed by atoms with Gasteiger partial charge < -0.3 is 10.4 Å². The van der Waals surface area contributed by atoms with Gasteiger partial charge in [0, 0.05) is 24.4 Å². The van der Waals surface area contributed by atoms with Crippen LogP contribution >= 0.6 is 0 Å². The predicted molar refractivity (Wildman–Crippen MR) is 73.4 cm³/mol. The van der Waals surface area contributed by atoms with Crippen LogP contribution in [0.2, 0.25) is 0 Å². The highest BCUT2D eigenvalue weighted by Crippen LogP contribution is 2.33. The van der Waals surface area contributed by atoms with E-state index in [2.05, 4.69) is 16.4 Å². The molecule has 1 aliphatic carbocycles. The minimum atomic E-state index is -0.160. The van der Waals surface area contributed by atoms with Gasteiger partial charge >= 0.3 is 0 Å². The van der Waals surface area contributed by atoms with Crippen molar-refractivity contribution in [2.45, 2.75) is 51.2 Å². The SMILES string of the molecule is CCC(O)CCNC(Cc1ccccn1)C1CC1. The molecule has 100 valence electrons. The van der Waals surface area contributed by atoms with Gasteiger partial charge in [0.25, 0.3) is 0 Å². The van der Waals surface area contributed by atoms with E-state index >= 15 is 0 Å². The predicted octanol–water partition coefficient (Wildman–Crippen LogP) is 2.15. The van der Waals surface area contributed by atoms with E-state index < -0.39 is 0 Å². The van der Waals surface area contributed by atoms with Crippen molar-refractivity contribution in [2.75, 3.05) is 6.54 Å². The van der Waals surface area contributed by atoms with Gasteiger partial charge in [0.15, 0.2) is 0 Å². The van der Waals surface area contributed by atoms with Crippen LogP contribution in [0.5, 0.6) is 0 Å². The first-order chi connectivity index (χ1) is 8.79. The summed E-state index contributed by atoms with van der Waals surface area (Å²) >= 11 is 0. The monoisotopic (exact) mass is 248 g/mol. The van der Waals surface area contributed by atoms with Gasteiger partial charge in [-0.05, 0) is 50.3 Å². The quantitative estimate of drug-likeness (QED) is 0.741. The fourth-order valence-corrected chi connectivity index (χ4v) is 2.29. The lowest BCUT2D eigenvalue weighted by molar-refractivity contribution is 0.158. The Morgan fingerprint density at radius 3 is 2.89 bits per heavy atom.